The highest BCUT2D eigenvalue weighted by molar-refractivity contribution is 9.10. The van der Waals surface area contributed by atoms with E-state index in [0.717, 1.165) is 26.8 Å². The number of nitrogens with one attached hydrogen (secondary N) is 1. The van der Waals surface area contributed by atoms with Crippen molar-refractivity contribution in [3.8, 4) is 0 Å². The van der Waals surface area contributed by atoms with Gasteiger partial charge in [0.2, 0.25) is 0 Å². The first-order valence-corrected chi connectivity index (χ1v) is 8.12. The Labute approximate surface area is 146 Å². The third-order valence-corrected chi connectivity index (χ3v) is 4.43. The summed E-state index contributed by atoms with van der Waals surface area (Å²) in [6.07, 6.45) is 3.93. The number of rotatable bonds is 6. The van der Waals surface area contributed by atoms with Gasteiger partial charge in [-0.1, -0.05) is 17.7 Å². The van der Waals surface area contributed by atoms with Crippen LogP contribution in [0.25, 0.3) is 10.9 Å². The van der Waals surface area contributed by atoms with Crippen molar-refractivity contribution in [2.45, 2.75) is 12.3 Å². The lowest BCUT2D eigenvalue weighted by atomic mass is 9.96. The molecule has 118 valence electrons. The second kappa shape index (κ2) is 7.10. The van der Waals surface area contributed by atoms with E-state index in [-0.39, 0.29) is 12.5 Å². The number of hydrogen-bond acceptors (Lipinski definition) is 4. The van der Waals surface area contributed by atoms with Crippen molar-refractivity contribution in [3.05, 3.63) is 57.7 Å². The number of hydrogen-bond donors (Lipinski definition) is 1. The summed E-state index contributed by atoms with van der Waals surface area (Å²) in [4.78, 5) is 22.1. The maximum atomic E-state index is 10.5. The largest absolute Gasteiger partial charge is 0.467 e. The Hall–Kier alpha value is -1.92. The fourth-order valence-electron chi connectivity index (χ4n) is 2.54. The van der Waals surface area contributed by atoms with Crippen LogP contribution in [0.1, 0.15) is 17.2 Å². The Morgan fingerprint density at radius 2 is 2.22 bits per heavy atom. The summed E-state index contributed by atoms with van der Waals surface area (Å²) < 4.78 is 5.70. The predicted molar refractivity (Wildman–Crippen MR) is 91.5 cm³/mol. The molecule has 0 fully saturated rings. The van der Waals surface area contributed by atoms with Crippen molar-refractivity contribution < 1.29 is 9.53 Å². The number of ether oxygens (including phenoxy) is 1. The van der Waals surface area contributed by atoms with Crippen molar-refractivity contribution in [1.82, 2.24) is 15.0 Å². The van der Waals surface area contributed by atoms with Gasteiger partial charge in [0.25, 0.3) is 6.47 Å². The van der Waals surface area contributed by atoms with Gasteiger partial charge in [-0.05, 0) is 46.1 Å². The quantitative estimate of drug-likeness (QED) is 0.644. The van der Waals surface area contributed by atoms with E-state index in [1.807, 2.05) is 24.3 Å². The van der Waals surface area contributed by atoms with Gasteiger partial charge >= 0.3 is 0 Å². The molecule has 1 N–H and O–H groups in total. The maximum absolute atomic E-state index is 10.5. The molecular formula is C16H13BrClN3O2. The average molecular weight is 395 g/mol. The first kappa shape index (κ1) is 16.0. The summed E-state index contributed by atoms with van der Waals surface area (Å²) >= 11 is 9.41. The average Bonchev–Trinajstić information content (AvgIpc) is 2.97. The van der Waals surface area contributed by atoms with Gasteiger partial charge in [0.1, 0.15) is 4.60 Å². The fourth-order valence-corrected chi connectivity index (χ4v) is 3.25. The Balaban J connectivity index is 1.90. The van der Waals surface area contributed by atoms with Gasteiger partial charge in [0.15, 0.2) is 0 Å². The molecule has 0 saturated carbocycles. The fraction of sp³-hybridized carbons (Fsp3) is 0.188. The minimum Gasteiger partial charge on any atom is -0.467 e. The van der Waals surface area contributed by atoms with Gasteiger partial charge in [0.05, 0.1) is 29.2 Å². The van der Waals surface area contributed by atoms with Crippen LogP contribution < -0.4 is 0 Å². The normalized spacial score (nSPS) is 12.3. The van der Waals surface area contributed by atoms with E-state index in [2.05, 4.69) is 30.9 Å². The number of aromatic nitrogens is 3. The van der Waals surface area contributed by atoms with Crippen molar-refractivity contribution in [1.29, 1.82) is 0 Å². The minimum absolute atomic E-state index is 0.0262. The molecule has 0 aliphatic heterocycles. The molecule has 1 atom stereocenters. The minimum atomic E-state index is -0.0262. The Morgan fingerprint density at radius 1 is 1.35 bits per heavy atom. The number of pyridine rings is 1. The standard InChI is InChI=1S/C16H13BrClN3O2/c17-16-15(20-8-21-16)12(7-23-9-22)4-10-1-2-14-11(3-10)5-13(18)6-19-14/h1-3,5-6,8-9,12H,4,7H2,(H,20,21). The molecular weight excluding hydrogens is 382 g/mol. The van der Waals surface area contributed by atoms with Crippen LogP contribution in [0.4, 0.5) is 0 Å². The van der Waals surface area contributed by atoms with Crippen molar-refractivity contribution >= 4 is 44.9 Å². The summed E-state index contributed by atoms with van der Waals surface area (Å²) in [6, 6.07) is 7.91. The van der Waals surface area contributed by atoms with Crippen molar-refractivity contribution in [2.75, 3.05) is 6.61 Å². The summed E-state index contributed by atoms with van der Waals surface area (Å²) in [6.45, 7) is 0.734. The third kappa shape index (κ3) is 3.71. The number of imidazole rings is 1. The monoisotopic (exact) mass is 393 g/mol. The molecule has 1 aromatic carbocycles. The lowest BCUT2D eigenvalue weighted by Gasteiger charge is -2.15. The SMILES string of the molecule is O=COCC(Cc1ccc2ncc(Cl)cc2c1)c1[nH]cnc1Br. The Kier molecular flexibility index (Phi) is 4.93. The van der Waals surface area contributed by atoms with Gasteiger partial charge in [-0.25, -0.2) is 4.98 Å². The summed E-state index contributed by atoms with van der Waals surface area (Å²) in [7, 11) is 0. The van der Waals surface area contributed by atoms with E-state index in [1.165, 1.54) is 0 Å². The molecule has 2 heterocycles. The number of halogens is 2. The zero-order valence-corrected chi connectivity index (χ0v) is 14.3. The van der Waals surface area contributed by atoms with Crippen LogP contribution in [-0.2, 0) is 16.0 Å². The zero-order chi connectivity index (χ0) is 16.2. The van der Waals surface area contributed by atoms with Crippen LogP contribution >= 0.6 is 27.5 Å². The lowest BCUT2D eigenvalue weighted by molar-refractivity contribution is -0.129. The summed E-state index contributed by atoms with van der Waals surface area (Å²) in [5, 5.41) is 1.58. The van der Waals surface area contributed by atoms with Gasteiger partial charge in [0, 0.05) is 17.5 Å². The topological polar surface area (TPSA) is 67.9 Å². The number of benzene rings is 1. The van der Waals surface area contributed by atoms with E-state index in [4.69, 9.17) is 16.3 Å². The molecule has 7 heteroatoms. The number of nitrogens with zero attached hydrogens (tertiary/aromatic N) is 2. The van der Waals surface area contributed by atoms with E-state index >= 15 is 0 Å². The molecule has 2 aromatic heterocycles. The lowest BCUT2D eigenvalue weighted by Crippen LogP contribution is -2.11. The molecule has 3 rings (SSSR count). The van der Waals surface area contributed by atoms with E-state index < -0.39 is 0 Å². The van der Waals surface area contributed by atoms with Crippen LogP contribution in [-0.4, -0.2) is 28.0 Å². The van der Waals surface area contributed by atoms with Gasteiger partial charge in [-0.15, -0.1) is 0 Å². The van der Waals surface area contributed by atoms with Crippen LogP contribution in [0.2, 0.25) is 5.02 Å². The zero-order valence-electron chi connectivity index (χ0n) is 12.0. The number of H-pyrrole nitrogens is 1. The smallest absolute Gasteiger partial charge is 0.293 e. The maximum Gasteiger partial charge on any atom is 0.293 e. The molecule has 0 amide bonds. The van der Waals surface area contributed by atoms with Crippen LogP contribution in [0, 0.1) is 0 Å². The first-order chi connectivity index (χ1) is 11.2. The van der Waals surface area contributed by atoms with Crippen molar-refractivity contribution in [2.24, 2.45) is 0 Å². The van der Waals surface area contributed by atoms with Gasteiger partial charge < -0.3 is 9.72 Å². The Bertz CT molecular complexity index is 837. The number of fused-ring (bicyclic) bond motifs is 1. The highest BCUT2D eigenvalue weighted by atomic mass is 79.9. The Morgan fingerprint density at radius 3 is 2.96 bits per heavy atom. The third-order valence-electron chi connectivity index (χ3n) is 3.59. The molecule has 3 aromatic rings. The van der Waals surface area contributed by atoms with Crippen LogP contribution in [0.3, 0.4) is 0 Å². The molecule has 0 aliphatic carbocycles. The highest BCUT2D eigenvalue weighted by Gasteiger charge is 2.18. The van der Waals surface area contributed by atoms with Crippen LogP contribution in [0.15, 0.2) is 41.4 Å². The molecule has 1 unspecified atom stereocenters. The first-order valence-electron chi connectivity index (χ1n) is 6.95. The van der Waals surface area contributed by atoms with E-state index in [1.54, 1.807) is 12.5 Å². The molecule has 23 heavy (non-hydrogen) atoms. The van der Waals surface area contributed by atoms with E-state index in [0.29, 0.717) is 17.9 Å². The molecule has 0 radical (unpaired) electrons. The predicted octanol–water partition coefficient (Wildman–Crippen LogP) is 3.87. The van der Waals surface area contributed by atoms with E-state index in [9.17, 15) is 4.79 Å². The molecule has 0 aliphatic rings. The van der Waals surface area contributed by atoms with Gasteiger partial charge in [-0.3, -0.25) is 9.78 Å². The second-order valence-electron chi connectivity index (χ2n) is 5.12. The summed E-state index contributed by atoms with van der Waals surface area (Å²) in [5.41, 5.74) is 2.89. The summed E-state index contributed by atoms with van der Waals surface area (Å²) in [5.74, 6) is -0.0262. The number of carbonyl (C=O) groups is 1. The van der Waals surface area contributed by atoms with Crippen molar-refractivity contribution in [3.63, 3.8) is 0 Å². The highest BCUT2D eigenvalue weighted by Crippen LogP contribution is 2.27. The molecule has 0 bridgehead atoms. The van der Waals surface area contributed by atoms with Gasteiger partial charge in [-0.2, -0.15) is 0 Å². The molecule has 0 saturated heterocycles. The number of aromatic amines is 1. The molecule has 5 nitrogen and oxygen atoms in total. The number of carbonyl (C=O) groups excluding carboxylic acids is 1. The second-order valence-corrected chi connectivity index (χ2v) is 6.31. The molecule has 0 spiro atoms. The van der Waals surface area contributed by atoms with Crippen LogP contribution in [0.5, 0.6) is 0 Å².